The molecule has 0 saturated carbocycles. The van der Waals surface area contributed by atoms with Crippen LogP contribution in [0.25, 0.3) is 0 Å². The Labute approximate surface area is 89.3 Å². The normalized spacial score (nSPS) is 17.0. The maximum Gasteiger partial charge on any atom is 0.296 e. The van der Waals surface area contributed by atoms with E-state index >= 15 is 0 Å². The second-order valence-electron chi connectivity index (χ2n) is 3.64. The van der Waals surface area contributed by atoms with Crippen molar-refractivity contribution >= 4 is 15.8 Å². The molecule has 0 spiro atoms. The first-order valence-electron chi connectivity index (χ1n) is 4.90. The van der Waals surface area contributed by atoms with Gasteiger partial charge < -0.3 is 4.90 Å². The van der Waals surface area contributed by atoms with Crippen LogP contribution in [0, 0.1) is 0 Å². The molecule has 0 aliphatic carbocycles. The van der Waals surface area contributed by atoms with Gasteiger partial charge in [0.2, 0.25) is 0 Å². The zero-order valence-corrected chi connectivity index (χ0v) is 9.07. The summed E-state index contributed by atoms with van der Waals surface area (Å²) >= 11 is 0. The second-order valence-corrected chi connectivity index (χ2v) is 5.03. The van der Waals surface area contributed by atoms with Crippen molar-refractivity contribution in [2.45, 2.75) is 17.7 Å². The van der Waals surface area contributed by atoms with Gasteiger partial charge in [0, 0.05) is 13.1 Å². The van der Waals surface area contributed by atoms with Crippen LogP contribution in [0.1, 0.15) is 12.8 Å². The van der Waals surface area contributed by atoms with Gasteiger partial charge >= 0.3 is 0 Å². The Kier molecular flexibility index (Phi) is 2.67. The lowest BCUT2D eigenvalue weighted by molar-refractivity contribution is 0.483. The van der Waals surface area contributed by atoms with E-state index in [0.717, 1.165) is 25.9 Å². The Bertz CT molecular complexity index is 449. The quantitative estimate of drug-likeness (QED) is 0.778. The molecule has 1 aromatic carbocycles. The molecule has 1 aliphatic rings. The summed E-state index contributed by atoms with van der Waals surface area (Å²) < 4.78 is 31.4. The summed E-state index contributed by atoms with van der Waals surface area (Å²) in [6.07, 6.45) is 2.14. The predicted molar refractivity (Wildman–Crippen MR) is 57.7 cm³/mol. The monoisotopic (exact) mass is 227 g/mol. The highest BCUT2D eigenvalue weighted by atomic mass is 32.2. The summed E-state index contributed by atoms with van der Waals surface area (Å²) in [5.41, 5.74) is 0.609. The van der Waals surface area contributed by atoms with Gasteiger partial charge in [-0.25, -0.2) is 0 Å². The van der Waals surface area contributed by atoms with Crippen molar-refractivity contribution in [1.82, 2.24) is 0 Å². The van der Waals surface area contributed by atoms with E-state index in [2.05, 4.69) is 0 Å². The van der Waals surface area contributed by atoms with Crippen LogP contribution < -0.4 is 4.90 Å². The third kappa shape index (κ3) is 2.13. The first-order chi connectivity index (χ1) is 7.09. The predicted octanol–water partition coefficient (Wildman–Crippen LogP) is 1.53. The van der Waals surface area contributed by atoms with E-state index in [1.807, 2.05) is 4.90 Å². The number of benzene rings is 1. The highest BCUT2D eigenvalue weighted by molar-refractivity contribution is 7.86. The van der Waals surface area contributed by atoms with Gasteiger partial charge in [0.1, 0.15) is 4.90 Å². The van der Waals surface area contributed by atoms with Gasteiger partial charge in [0.25, 0.3) is 10.1 Å². The fourth-order valence-corrected chi connectivity index (χ4v) is 2.61. The average molecular weight is 227 g/mol. The number of para-hydroxylation sites is 1. The van der Waals surface area contributed by atoms with E-state index in [-0.39, 0.29) is 4.90 Å². The summed E-state index contributed by atoms with van der Waals surface area (Å²) in [5.74, 6) is 0. The molecule has 1 N–H and O–H groups in total. The molecule has 0 radical (unpaired) electrons. The smallest absolute Gasteiger partial charge is 0.296 e. The first kappa shape index (κ1) is 10.4. The molecular weight excluding hydrogens is 214 g/mol. The lowest BCUT2D eigenvalue weighted by atomic mass is 10.3. The van der Waals surface area contributed by atoms with Crippen LogP contribution in [0.5, 0.6) is 0 Å². The molecule has 0 bridgehead atoms. The number of rotatable bonds is 2. The third-order valence-corrected chi connectivity index (χ3v) is 3.49. The molecule has 2 rings (SSSR count). The molecule has 15 heavy (non-hydrogen) atoms. The zero-order valence-electron chi connectivity index (χ0n) is 8.26. The van der Waals surface area contributed by atoms with Crippen molar-refractivity contribution in [2.24, 2.45) is 0 Å². The van der Waals surface area contributed by atoms with E-state index in [0.29, 0.717) is 5.69 Å². The number of hydrogen-bond acceptors (Lipinski definition) is 3. The highest BCUT2D eigenvalue weighted by Crippen LogP contribution is 2.27. The Morgan fingerprint density at radius 1 is 1.13 bits per heavy atom. The van der Waals surface area contributed by atoms with Gasteiger partial charge in [-0.2, -0.15) is 8.42 Å². The van der Waals surface area contributed by atoms with Crippen molar-refractivity contribution in [3.63, 3.8) is 0 Å². The van der Waals surface area contributed by atoms with Gasteiger partial charge in [-0.3, -0.25) is 4.55 Å². The van der Waals surface area contributed by atoms with Gasteiger partial charge in [-0.05, 0) is 25.0 Å². The Morgan fingerprint density at radius 3 is 2.33 bits per heavy atom. The van der Waals surface area contributed by atoms with E-state index in [1.165, 1.54) is 6.07 Å². The molecular formula is C10H13NO3S. The van der Waals surface area contributed by atoms with Crippen LogP contribution in [-0.2, 0) is 10.1 Å². The fraction of sp³-hybridized carbons (Fsp3) is 0.400. The molecule has 0 aromatic heterocycles. The van der Waals surface area contributed by atoms with E-state index in [9.17, 15) is 8.42 Å². The third-order valence-electron chi connectivity index (χ3n) is 2.59. The maximum absolute atomic E-state index is 11.1. The highest BCUT2D eigenvalue weighted by Gasteiger charge is 2.21. The van der Waals surface area contributed by atoms with Gasteiger partial charge in [0.05, 0.1) is 5.69 Å². The lowest BCUT2D eigenvalue weighted by Crippen LogP contribution is -2.20. The molecule has 0 unspecified atom stereocenters. The number of nitrogens with zero attached hydrogens (tertiary/aromatic N) is 1. The molecule has 1 fully saturated rings. The zero-order chi connectivity index (χ0) is 10.9. The van der Waals surface area contributed by atoms with Gasteiger partial charge in [-0.15, -0.1) is 0 Å². The maximum atomic E-state index is 11.1. The molecule has 5 heteroatoms. The largest absolute Gasteiger partial charge is 0.370 e. The summed E-state index contributed by atoms with van der Waals surface area (Å²) in [5, 5.41) is 0. The van der Waals surface area contributed by atoms with Crippen molar-refractivity contribution in [3.8, 4) is 0 Å². The molecule has 1 aromatic rings. The molecule has 1 heterocycles. The van der Waals surface area contributed by atoms with Crippen LogP contribution >= 0.6 is 0 Å². The summed E-state index contributed by atoms with van der Waals surface area (Å²) in [4.78, 5) is 2.00. The van der Waals surface area contributed by atoms with Crippen LogP contribution in [0.2, 0.25) is 0 Å². The van der Waals surface area contributed by atoms with E-state index < -0.39 is 10.1 Å². The van der Waals surface area contributed by atoms with Crippen molar-refractivity contribution in [2.75, 3.05) is 18.0 Å². The van der Waals surface area contributed by atoms with Crippen molar-refractivity contribution < 1.29 is 13.0 Å². The average Bonchev–Trinajstić information content (AvgIpc) is 2.69. The van der Waals surface area contributed by atoms with Crippen molar-refractivity contribution in [3.05, 3.63) is 24.3 Å². The van der Waals surface area contributed by atoms with E-state index in [4.69, 9.17) is 4.55 Å². The number of hydrogen-bond donors (Lipinski definition) is 1. The van der Waals surface area contributed by atoms with Crippen LogP contribution in [-0.4, -0.2) is 26.1 Å². The first-order valence-corrected chi connectivity index (χ1v) is 6.34. The molecule has 1 saturated heterocycles. The Balaban J connectivity index is 2.46. The SMILES string of the molecule is O=S(=O)(O)c1ccccc1N1CCCC1. The van der Waals surface area contributed by atoms with Crippen LogP contribution in [0.3, 0.4) is 0 Å². The fourth-order valence-electron chi connectivity index (χ4n) is 1.89. The molecule has 0 atom stereocenters. The summed E-state index contributed by atoms with van der Waals surface area (Å²) in [6.45, 7) is 1.71. The minimum atomic E-state index is -4.11. The Morgan fingerprint density at radius 2 is 1.73 bits per heavy atom. The van der Waals surface area contributed by atoms with E-state index in [1.54, 1.807) is 18.2 Å². The summed E-state index contributed by atoms with van der Waals surface area (Å²) in [7, 11) is -4.11. The minimum absolute atomic E-state index is 0.00639. The lowest BCUT2D eigenvalue weighted by Gasteiger charge is -2.19. The van der Waals surface area contributed by atoms with Crippen LogP contribution in [0.4, 0.5) is 5.69 Å². The van der Waals surface area contributed by atoms with Gasteiger partial charge in [0.15, 0.2) is 0 Å². The molecule has 1 aliphatic heterocycles. The second kappa shape index (κ2) is 3.83. The summed E-state index contributed by atoms with van der Waals surface area (Å²) in [6, 6.07) is 6.56. The topological polar surface area (TPSA) is 57.6 Å². The molecule has 0 amide bonds. The Hall–Kier alpha value is -1.07. The number of anilines is 1. The van der Waals surface area contributed by atoms with Gasteiger partial charge in [-0.1, -0.05) is 12.1 Å². The van der Waals surface area contributed by atoms with Crippen molar-refractivity contribution in [1.29, 1.82) is 0 Å². The molecule has 82 valence electrons. The van der Waals surface area contributed by atoms with Crippen LogP contribution in [0.15, 0.2) is 29.2 Å². The standard InChI is InChI=1S/C10H13NO3S/c12-15(13,14)10-6-2-1-5-9(10)11-7-3-4-8-11/h1-2,5-6H,3-4,7-8H2,(H,12,13,14). The molecule has 4 nitrogen and oxygen atoms in total. The minimum Gasteiger partial charge on any atom is -0.370 e.